The molecule has 0 bridgehead atoms. The molecule has 1 aliphatic heterocycles. The molecule has 19 heavy (non-hydrogen) atoms. The number of nitrogens with zero attached hydrogens (tertiary/aromatic N) is 3. The van der Waals surface area contributed by atoms with E-state index in [9.17, 15) is 4.79 Å². The van der Waals surface area contributed by atoms with Crippen LogP contribution < -0.4 is 10.2 Å². The summed E-state index contributed by atoms with van der Waals surface area (Å²) in [6.45, 7) is 1.99. The highest BCUT2D eigenvalue weighted by atomic mass is 32.1. The van der Waals surface area contributed by atoms with Crippen LogP contribution in [0.5, 0.6) is 0 Å². The highest BCUT2D eigenvalue weighted by Crippen LogP contribution is 2.59. The Hall–Kier alpha value is -1.17. The number of amides is 1. The number of hydrogen-bond donors (Lipinski definition) is 1. The highest BCUT2D eigenvalue weighted by molar-refractivity contribution is 7.13. The van der Waals surface area contributed by atoms with Crippen molar-refractivity contribution in [3.63, 3.8) is 0 Å². The lowest BCUT2D eigenvalue weighted by Gasteiger charge is -2.26. The Morgan fingerprint density at radius 2 is 2.42 bits per heavy atom. The lowest BCUT2D eigenvalue weighted by atomic mass is 9.92. The minimum atomic E-state index is 0.236. The van der Waals surface area contributed by atoms with Gasteiger partial charge >= 0.3 is 0 Å². The molecule has 6 heteroatoms. The van der Waals surface area contributed by atoms with E-state index in [4.69, 9.17) is 0 Å². The fraction of sp³-hybridized carbons (Fsp3) is 0.769. The summed E-state index contributed by atoms with van der Waals surface area (Å²) in [4.78, 5) is 14.5. The molecule has 1 aromatic heterocycles. The van der Waals surface area contributed by atoms with Crippen molar-refractivity contribution in [3.8, 4) is 0 Å². The van der Waals surface area contributed by atoms with Gasteiger partial charge in [0, 0.05) is 30.5 Å². The van der Waals surface area contributed by atoms with Crippen molar-refractivity contribution in [3.05, 3.63) is 5.51 Å². The molecule has 0 aromatic carbocycles. The predicted octanol–water partition coefficient (Wildman–Crippen LogP) is 1.42. The molecule has 3 fully saturated rings. The van der Waals surface area contributed by atoms with E-state index >= 15 is 0 Å². The average Bonchev–Trinajstić information content (AvgIpc) is 2.76. The molecular formula is C13H18N4OS. The van der Waals surface area contributed by atoms with Crippen LogP contribution in [-0.2, 0) is 4.79 Å². The van der Waals surface area contributed by atoms with Crippen molar-refractivity contribution >= 4 is 22.4 Å². The van der Waals surface area contributed by atoms with Gasteiger partial charge in [-0.2, -0.15) is 0 Å². The number of rotatable bonds is 3. The number of hydrogen-bond acceptors (Lipinski definition) is 5. The molecule has 2 heterocycles. The third-order valence-electron chi connectivity index (χ3n) is 4.96. The third kappa shape index (κ3) is 1.93. The van der Waals surface area contributed by atoms with E-state index < -0.39 is 0 Å². The topological polar surface area (TPSA) is 58.1 Å². The smallest absolute Gasteiger partial charge is 0.223 e. The first-order valence-corrected chi connectivity index (χ1v) is 7.96. The molecule has 3 aliphatic rings. The van der Waals surface area contributed by atoms with Crippen LogP contribution in [0.15, 0.2) is 5.51 Å². The fourth-order valence-corrected chi connectivity index (χ4v) is 3.98. The van der Waals surface area contributed by atoms with Crippen LogP contribution in [0.1, 0.15) is 32.1 Å². The molecule has 5 nitrogen and oxygen atoms in total. The second-order valence-corrected chi connectivity index (χ2v) is 6.96. The monoisotopic (exact) mass is 278 g/mol. The lowest BCUT2D eigenvalue weighted by molar-refractivity contribution is -0.124. The van der Waals surface area contributed by atoms with Gasteiger partial charge in [-0.3, -0.25) is 4.79 Å². The summed E-state index contributed by atoms with van der Waals surface area (Å²) in [5.41, 5.74) is 2.01. The standard InChI is InChI=1S/C13H18N4OS/c18-11(15-9-2-1-3-9)10-6-13(10)4-5-17(7-13)12-16-14-8-19-12/h8-10H,1-7H2,(H,15,18). The zero-order valence-electron chi connectivity index (χ0n) is 10.8. The van der Waals surface area contributed by atoms with E-state index in [2.05, 4.69) is 20.4 Å². The molecular weight excluding hydrogens is 260 g/mol. The van der Waals surface area contributed by atoms with Crippen LogP contribution >= 0.6 is 11.3 Å². The van der Waals surface area contributed by atoms with Crippen LogP contribution in [0.3, 0.4) is 0 Å². The molecule has 2 unspecified atom stereocenters. The predicted molar refractivity (Wildman–Crippen MR) is 73.1 cm³/mol. The number of carbonyl (C=O) groups excluding carboxylic acids is 1. The maximum absolute atomic E-state index is 12.2. The van der Waals surface area contributed by atoms with Gasteiger partial charge in [0.05, 0.1) is 0 Å². The van der Waals surface area contributed by atoms with Gasteiger partial charge in [-0.15, -0.1) is 10.2 Å². The molecule has 0 radical (unpaired) electrons. The average molecular weight is 278 g/mol. The Morgan fingerprint density at radius 1 is 1.53 bits per heavy atom. The molecule has 1 N–H and O–H groups in total. The van der Waals surface area contributed by atoms with Gasteiger partial charge in [-0.05, 0) is 32.1 Å². The summed E-state index contributed by atoms with van der Waals surface area (Å²) in [6.07, 6.45) is 5.78. The van der Waals surface area contributed by atoms with E-state index in [1.165, 1.54) is 19.3 Å². The molecule has 102 valence electrons. The van der Waals surface area contributed by atoms with Gasteiger partial charge in [0.2, 0.25) is 11.0 Å². The Labute approximate surface area is 116 Å². The summed E-state index contributed by atoms with van der Waals surface area (Å²) >= 11 is 1.58. The lowest BCUT2D eigenvalue weighted by Crippen LogP contribution is -2.41. The molecule has 2 aliphatic carbocycles. The van der Waals surface area contributed by atoms with Crippen molar-refractivity contribution in [1.82, 2.24) is 15.5 Å². The fourth-order valence-electron chi connectivity index (χ4n) is 3.39. The first kappa shape index (κ1) is 11.6. The van der Waals surface area contributed by atoms with E-state index in [1.807, 2.05) is 0 Å². The Kier molecular flexibility index (Phi) is 2.55. The second-order valence-electron chi connectivity index (χ2n) is 6.15. The van der Waals surface area contributed by atoms with Crippen LogP contribution in [0.25, 0.3) is 0 Å². The van der Waals surface area contributed by atoms with Gasteiger partial charge in [0.25, 0.3) is 0 Å². The van der Waals surface area contributed by atoms with Crippen molar-refractivity contribution in [2.45, 2.75) is 38.1 Å². The Balaban J connectivity index is 1.37. The molecule has 1 aromatic rings. The molecule has 1 saturated heterocycles. The van der Waals surface area contributed by atoms with Gasteiger partial charge in [-0.1, -0.05) is 11.3 Å². The van der Waals surface area contributed by atoms with Crippen LogP contribution in [-0.4, -0.2) is 35.2 Å². The van der Waals surface area contributed by atoms with Gasteiger partial charge in [0.1, 0.15) is 5.51 Å². The molecule has 1 spiro atoms. The number of aromatic nitrogens is 2. The normalized spacial score (nSPS) is 33.5. The largest absolute Gasteiger partial charge is 0.353 e. The van der Waals surface area contributed by atoms with Crippen molar-refractivity contribution in [1.29, 1.82) is 0 Å². The first-order valence-electron chi connectivity index (χ1n) is 7.08. The zero-order chi connectivity index (χ0) is 12.9. The van der Waals surface area contributed by atoms with Gasteiger partial charge < -0.3 is 10.2 Å². The summed E-state index contributed by atoms with van der Waals surface area (Å²) in [6, 6.07) is 0.464. The first-order chi connectivity index (χ1) is 9.27. The van der Waals surface area contributed by atoms with Crippen molar-refractivity contribution in [2.24, 2.45) is 11.3 Å². The van der Waals surface area contributed by atoms with Gasteiger partial charge in [-0.25, -0.2) is 0 Å². The minimum Gasteiger partial charge on any atom is -0.353 e. The summed E-state index contributed by atoms with van der Waals surface area (Å²) in [7, 11) is 0. The quantitative estimate of drug-likeness (QED) is 0.908. The summed E-state index contributed by atoms with van der Waals surface area (Å²) in [5.74, 6) is 0.537. The zero-order valence-corrected chi connectivity index (χ0v) is 11.7. The van der Waals surface area contributed by atoms with Crippen LogP contribution in [0.2, 0.25) is 0 Å². The van der Waals surface area contributed by atoms with E-state index in [-0.39, 0.29) is 11.3 Å². The van der Waals surface area contributed by atoms with Crippen LogP contribution in [0.4, 0.5) is 5.13 Å². The molecule has 2 atom stereocenters. The Morgan fingerprint density at radius 3 is 3.11 bits per heavy atom. The Bertz CT molecular complexity index is 487. The second kappa shape index (κ2) is 4.16. The number of nitrogens with one attached hydrogen (secondary N) is 1. The maximum Gasteiger partial charge on any atom is 0.223 e. The minimum absolute atomic E-state index is 0.236. The summed E-state index contributed by atoms with van der Waals surface area (Å²) in [5, 5.41) is 12.2. The number of anilines is 1. The van der Waals surface area contributed by atoms with Crippen LogP contribution in [0, 0.1) is 11.3 Å². The SMILES string of the molecule is O=C(NC1CCC1)C1CC12CCN(c1nncs1)C2. The van der Waals surface area contributed by atoms with E-state index in [0.717, 1.165) is 31.1 Å². The summed E-state index contributed by atoms with van der Waals surface area (Å²) < 4.78 is 0. The van der Waals surface area contributed by atoms with Crippen molar-refractivity contribution < 1.29 is 4.79 Å². The highest BCUT2D eigenvalue weighted by Gasteiger charge is 2.61. The number of carbonyl (C=O) groups is 1. The molecule has 1 amide bonds. The van der Waals surface area contributed by atoms with E-state index in [1.54, 1.807) is 16.8 Å². The molecule has 2 saturated carbocycles. The van der Waals surface area contributed by atoms with E-state index in [0.29, 0.717) is 11.9 Å². The third-order valence-corrected chi connectivity index (χ3v) is 5.71. The van der Waals surface area contributed by atoms with Crippen molar-refractivity contribution in [2.75, 3.05) is 18.0 Å². The van der Waals surface area contributed by atoms with Gasteiger partial charge in [0.15, 0.2) is 0 Å². The molecule has 4 rings (SSSR count). The maximum atomic E-state index is 12.2.